The van der Waals surface area contributed by atoms with Crippen molar-refractivity contribution in [3.63, 3.8) is 0 Å². The Balaban J connectivity index is 1.26. The molecule has 9 aromatic rings. The fraction of sp³-hybridized carbons (Fsp3) is 0.0513. The van der Waals surface area contributed by atoms with Crippen molar-refractivity contribution in [2.45, 2.75) is 13.8 Å². The molecule has 0 aliphatic carbocycles. The van der Waals surface area contributed by atoms with Gasteiger partial charge >= 0.3 is 0 Å². The smallest absolute Gasteiger partial charge is 0.195 e. The maximum Gasteiger partial charge on any atom is 0.195 e. The van der Waals surface area contributed by atoms with E-state index in [0.29, 0.717) is 0 Å². The van der Waals surface area contributed by atoms with Crippen LogP contribution < -0.4 is 5.43 Å². The Kier molecular flexibility index (Phi) is 5.25. The van der Waals surface area contributed by atoms with E-state index in [4.69, 9.17) is 0 Å². The summed E-state index contributed by atoms with van der Waals surface area (Å²) in [6.07, 6.45) is 0. The van der Waals surface area contributed by atoms with Gasteiger partial charge in [-0.15, -0.1) is 22.7 Å². The molecule has 0 aliphatic rings. The van der Waals surface area contributed by atoms with Crippen molar-refractivity contribution in [2.75, 3.05) is 0 Å². The maximum atomic E-state index is 13.3. The highest BCUT2D eigenvalue weighted by molar-refractivity contribution is 7.26. The molecular formula is C39H25NOS2. The number of thiophene rings is 1. The lowest BCUT2D eigenvalue weighted by Crippen LogP contribution is -2.00. The molecule has 0 fully saturated rings. The fourth-order valence-electron chi connectivity index (χ4n) is 6.84. The lowest BCUT2D eigenvalue weighted by atomic mass is 10.0. The summed E-state index contributed by atoms with van der Waals surface area (Å²) in [6.45, 7) is 4.46. The van der Waals surface area contributed by atoms with Gasteiger partial charge in [-0.3, -0.25) is 4.79 Å². The summed E-state index contributed by atoms with van der Waals surface area (Å²) in [5, 5.41) is 6.87. The first-order valence-corrected chi connectivity index (χ1v) is 16.1. The zero-order valence-electron chi connectivity index (χ0n) is 23.6. The third-order valence-electron chi connectivity index (χ3n) is 8.82. The molecule has 204 valence electrons. The average molecular weight is 588 g/mol. The largest absolute Gasteiger partial charge is 0.309 e. The Hall–Kier alpha value is -4.77. The van der Waals surface area contributed by atoms with Gasteiger partial charge in [0.05, 0.1) is 11.0 Å². The fourth-order valence-corrected chi connectivity index (χ4v) is 9.13. The number of nitrogens with zero attached hydrogens (tertiary/aromatic N) is 1. The van der Waals surface area contributed by atoms with Crippen molar-refractivity contribution in [1.82, 2.24) is 4.57 Å². The third kappa shape index (κ3) is 3.54. The molecule has 9 rings (SSSR count). The molecule has 0 aliphatic heterocycles. The summed E-state index contributed by atoms with van der Waals surface area (Å²) in [5.74, 6) is 0. The van der Waals surface area contributed by atoms with Gasteiger partial charge < -0.3 is 4.57 Å². The summed E-state index contributed by atoms with van der Waals surface area (Å²) in [4.78, 5) is 13.3. The molecule has 0 saturated heterocycles. The highest BCUT2D eigenvalue weighted by Crippen LogP contribution is 2.45. The second kappa shape index (κ2) is 9.11. The Morgan fingerprint density at radius 2 is 1.19 bits per heavy atom. The number of fused-ring (bicyclic) bond motifs is 9. The van der Waals surface area contributed by atoms with Crippen LogP contribution in [0.15, 0.2) is 120 Å². The predicted octanol–water partition coefficient (Wildman–Crippen LogP) is 11.2. The summed E-state index contributed by atoms with van der Waals surface area (Å²) in [7, 11) is 0. The average Bonchev–Trinajstić information content (AvgIpc) is 3.59. The van der Waals surface area contributed by atoms with Gasteiger partial charge in [-0.2, -0.15) is 0 Å². The summed E-state index contributed by atoms with van der Waals surface area (Å²) < 4.78 is 7.18. The first-order chi connectivity index (χ1) is 21.1. The van der Waals surface area contributed by atoms with Gasteiger partial charge in [0, 0.05) is 56.8 Å². The second-order valence-corrected chi connectivity index (χ2v) is 13.5. The van der Waals surface area contributed by atoms with Crippen LogP contribution in [0, 0.1) is 13.8 Å². The van der Waals surface area contributed by atoms with Crippen LogP contribution in [0.1, 0.15) is 11.1 Å². The molecule has 0 radical (unpaired) electrons. The first-order valence-electron chi connectivity index (χ1n) is 14.5. The van der Waals surface area contributed by atoms with Crippen molar-refractivity contribution in [3.8, 4) is 16.8 Å². The first kappa shape index (κ1) is 24.8. The SMILES string of the molecule is Cc1cccc2c3c4sc5ccccc5c4cc(C)c3n(-c3ccc(-c4ccc5sc6ccccc6c(=O)c5c4)cc3)c12. The van der Waals surface area contributed by atoms with E-state index >= 15 is 0 Å². The summed E-state index contributed by atoms with van der Waals surface area (Å²) >= 11 is 3.57. The summed E-state index contributed by atoms with van der Waals surface area (Å²) in [6, 6.07) is 40.8. The zero-order valence-corrected chi connectivity index (χ0v) is 25.3. The van der Waals surface area contributed by atoms with Gasteiger partial charge in [0.15, 0.2) is 5.43 Å². The van der Waals surface area contributed by atoms with Crippen molar-refractivity contribution < 1.29 is 0 Å². The molecule has 0 bridgehead atoms. The Morgan fingerprint density at radius 3 is 2.00 bits per heavy atom. The van der Waals surface area contributed by atoms with Crippen LogP contribution in [0.5, 0.6) is 0 Å². The topological polar surface area (TPSA) is 22.0 Å². The highest BCUT2D eigenvalue weighted by atomic mass is 32.1. The van der Waals surface area contributed by atoms with Crippen molar-refractivity contribution in [1.29, 1.82) is 0 Å². The Labute approximate surface area is 255 Å². The van der Waals surface area contributed by atoms with Gasteiger partial charge in [0.25, 0.3) is 0 Å². The molecule has 4 heteroatoms. The molecule has 6 aromatic carbocycles. The lowest BCUT2D eigenvalue weighted by molar-refractivity contribution is 1.16. The second-order valence-electron chi connectivity index (χ2n) is 11.4. The Morgan fingerprint density at radius 1 is 0.512 bits per heavy atom. The number of rotatable bonds is 2. The molecule has 0 amide bonds. The van der Waals surface area contributed by atoms with E-state index in [-0.39, 0.29) is 5.43 Å². The van der Waals surface area contributed by atoms with Gasteiger partial charge in [-0.05, 0) is 84.6 Å². The quantitative estimate of drug-likeness (QED) is 0.184. The molecular weight excluding hydrogens is 563 g/mol. The minimum Gasteiger partial charge on any atom is -0.309 e. The van der Waals surface area contributed by atoms with E-state index in [2.05, 4.69) is 109 Å². The molecule has 0 N–H and O–H groups in total. The highest BCUT2D eigenvalue weighted by Gasteiger charge is 2.20. The predicted molar refractivity (Wildman–Crippen MR) is 188 cm³/mol. The molecule has 3 aromatic heterocycles. The lowest BCUT2D eigenvalue weighted by Gasteiger charge is -2.12. The molecule has 2 nitrogen and oxygen atoms in total. The number of para-hydroxylation sites is 1. The van der Waals surface area contributed by atoms with Crippen molar-refractivity contribution in [3.05, 3.63) is 137 Å². The molecule has 0 unspecified atom stereocenters. The standard InChI is InChI=1S/C39H25NOS2/c1-22-8-7-11-29-35-37(23(2)20-30-27-9-3-5-12-32(27)43-39(30)35)40(36(22)29)26-17-14-24(15-18-26)25-16-19-34-31(21-25)38(41)28-10-4-6-13-33(28)42-34/h3-21H,1-2H3. The minimum absolute atomic E-state index is 0.103. The van der Waals surface area contributed by atoms with E-state index in [1.54, 1.807) is 11.3 Å². The number of aryl methyl sites for hydroxylation is 2. The molecule has 3 heterocycles. The van der Waals surface area contributed by atoms with Crippen LogP contribution in [-0.4, -0.2) is 4.57 Å². The van der Waals surface area contributed by atoms with E-state index in [9.17, 15) is 4.79 Å². The van der Waals surface area contributed by atoms with Crippen molar-refractivity contribution in [2.24, 2.45) is 0 Å². The van der Waals surface area contributed by atoms with Crippen LogP contribution in [0.25, 0.3) is 79.0 Å². The molecule has 0 atom stereocenters. The van der Waals surface area contributed by atoms with E-state index in [1.807, 2.05) is 35.6 Å². The Bertz CT molecular complexity index is 2650. The minimum atomic E-state index is 0.103. The molecule has 43 heavy (non-hydrogen) atoms. The monoisotopic (exact) mass is 587 g/mol. The maximum absolute atomic E-state index is 13.3. The normalized spacial score (nSPS) is 12.0. The number of hydrogen-bond acceptors (Lipinski definition) is 3. The third-order valence-corrected chi connectivity index (χ3v) is 11.2. The van der Waals surface area contributed by atoms with E-state index < -0.39 is 0 Å². The van der Waals surface area contributed by atoms with Crippen LogP contribution in [0.3, 0.4) is 0 Å². The van der Waals surface area contributed by atoms with E-state index in [1.165, 1.54) is 53.1 Å². The van der Waals surface area contributed by atoms with Crippen LogP contribution in [0.2, 0.25) is 0 Å². The number of hydrogen-bond donors (Lipinski definition) is 0. The molecule has 0 spiro atoms. The van der Waals surface area contributed by atoms with Gasteiger partial charge in [-0.1, -0.05) is 66.7 Å². The van der Waals surface area contributed by atoms with Gasteiger partial charge in [-0.25, -0.2) is 0 Å². The zero-order chi connectivity index (χ0) is 28.8. The van der Waals surface area contributed by atoms with E-state index in [0.717, 1.165) is 37.0 Å². The van der Waals surface area contributed by atoms with Crippen LogP contribution in [0.4, 0.5) is 0 Å². The summed E-state index contributed by atoms with van der Waals surface area (Å²) in [5.41, 5.74) is 8.46. The van der Waals surface area contributed by atoms with Gasteiger partial charge in [0.1, 0.15) is 0 Å². The van der Waals surface area contributed by atoms with Crippen LogP contribution >= 0.6 is 22.7 Å². The van der Waals surface area contributed by atoms with Crippen LogP contribution in [-0.2, 0) is 0 Å². The van der Waals surface area contributed by atoms with Crippen molar-refractivity contribution >= 4 is 84.8 Å². The van der Waals surface area contributed by atoms with Gasteiger partial charge in [0.2, 0.25) is 0 Å². The number of benzene rings is 6. The number of aromatic nitrogens is 1. The molecule has 0 saturated carbocycles.